The van der Waals surface area contributed by atoms with Crippen LogP contribution in [0.4, 0.5) is 14.9 Å². The summed E-state index contributed by atoms with van der Waals surface area (Å²) in [7, 11) is 0. The molecule has 0 aliphatic heterocycles. The van der Waals surface area contributed by atoms with Gasteiger partial charge in [0.2, 0.25) is 0 Å². The number of anilines is 1. The molecule has 0 aliphatic rings. The first-order valence-electron chi connectivity index (χ1n) is 12.0. The highest BCUT2D eigenvalue weighted by Crippen LogP contribution is 2.34. The molecule has 7 nitrogen and oxygen atoms in total. The predicted molar refractivity (Wildman–Crippen MR) is 142 cm³/mol. The van der Waals surface area contributed by atoms with E-state index >= 15 is 0 Å². The van der Waals surface area contributed by atoms with E-state index in [0.29, 0.717) is 23.7 Å². The van der Waals surface area contributed by atoms with Gasteiger partial charge in [0, 0.05) is 20.9 Å². The molecule has 0 saturated carbocycles. The summed E-state index contributed by atoms with van der Waals surface area (Å²) in [6.45, 7) is 5.44. The van der Waals surface area contributed by atoms with Gasteiger partial charge in [-0.25, -0.2) is 9.18 Å². The zero-order chi connectivity index (χ0) is 27.1. The number of nitrogens with one attached hydrogen (secondary N) is 1. The molecule has 0 spiro atoms. The Bertz CT molecular complexity index is 1400. The third-order valence-electron chi connectivity index (χ3n) is 5.66. The predicted octanol–water partition coefficient (Wildman–Crippen LogP) is 7.36. The first-order valence-corrected chi connectivity index (χ1v) is 12.9. The Morgan fingerprint density at radius 2 is 1.68 bits per heavy atom. The lowest BCUT2D eigenvalue weighted by Gasteiger charge is -2.15. The molecule has 3 aromatic carbocycles. The summed E-state index contributed by atoms with van der Waals surface area (Å²) in [6.07, 6.45) is -1.28. The number of halogens is 1. The molecule has 0 unspecified atom stereocenters. The van der Waals surface area contributed by atoms with E-state index < -0.39 is 18.0 Å². The Balaban J connectivity index is 1.40. The van der Waals surface area contributed by atoms with Crippen molar-refractivity contribution in [1.82, 2.24) is 5.16 Å². The smallest absolute Gasteiger partial charge is 0.412 e. The third kappa shape index (κ3) is 6.80. The summed E-state index contributed by atoms with van der Waals surface area (Å²) in [5.41, 5.74) is 2.76. The lowest BCUT2D eigenvalue weighted by molar-refractivity contribution is -0.142. The average Bonchev–Trinajstić information content (AvgIpc) is 3.25. The Hall–Kier alpha value is -4.11. The summed E-state index contributed by atoms with van der Waals surface area (Å²) in [6, 6.07) is 21.5. The summed E-state index contributed by atoms with van der Waals surface area (Å²) in [5.74, 6) is -0.273. The topological polar surface area (TPSA) is 90.7 Å². The van der Waals surface area contributed by atoms with E-state index in [0.717, 1.165) is 20.9 Å². The Morgan fingerprint density at radius 3 is 2.34 bits per heavy atom. The van der Waals surface area contributed by atoms with Gasteiger partial charge in [0.1, 0.15) is 23.3 Å². The number of hydrogen-bond donors (Lipinski definition) is 1. The molecule has 9 heteroatoms. The van der Waals surface area contributed by atoms with Gasteiger partial charge < -0.3 is 14.0 Å². The minimum absolute atomic E-state index is 0.242. The van der Waals surface area contributed by atoms with Crippen molar-refractivity contribution < 1.29 is 28.0 Å². The van der Waals surface area contributed by atoms with Crippen LogP contribution in [0.1, 0.15) is 36.8 Å². The molecular formula is C29H27FN2O5S. The molecule has 1 N–H and O–H groups in total. The van der Waals surface area contributed by atoms with Gasteiger partial charge >= 0.3 is 12.1 Å². The molecule has 4 aromatic rings. The number of benzene rings is 3. The van der Waals surface area contributed by atoms with Crippen LogP contribution in [0.3, 0.4) is 0 Å². The number of nitrogens with zero attached hydrogens (tertiary/aromatic N) is 1. The molecule has 0 aliphatic carbocycles. The molecule has 1 atom stereocenters. The van der Waals surface area contributed by atoms with Gasteiger partial charge in [0.05, 0.1) is 13.0 Å². The number of hydrogen-bond acceptors (Lipinski definition) is 7. The van der Waals surface area contributed by atoms with Gasteiger partial charge in [0.25, 0.3) is 0 Å². The van der Waals surface area contributed by atoms with E-state index in [9.17, 15) is 14.0 Å². The Labute approximate surface area is 224 Å². The number of amides is 1. The van der Waals surface area contributed by atoms with Crippen LogP contribution in [0, 0.1) is 12.7 Å². The summed E-state index contributed by atoms with van der Waals surface area (Å²) in [4.78, 5) is 26.2. The molecule has 196 valence electrons. The highest BCUT2D eigenvalue weighted by molar-refractivity contribution is 7.99. The summed E-state index contributed by atoms with van der Waals surface area (Å²) >= 11 is 1.57. The van der Waals surface area contributed by atoms with E-state index in [1.807, 2.05) is 48.5 Å². The van der Waals surface area contributed by atoms with Crippen molar-refractivity contribution in [3.05, 3.63) is 95.5 Å². The van der Waals surface area contributed by atoms with Crippen LogP contribution in [0.15, 0.2) is 87.1 Å². The molecule has 1 amide bonds. The van der Waals surface area contributed by atoms with Gasteiger partial charge in [-0.2, -0.15) is 0 Å². The fraction of sp³-hybridized carbons (Fsp3) is 0.207. The quantitative estimate of drug-likeness (QED) is 0.224. The summed E-state index contributed by atoms with van der Waals surface area (Å²) in [5, 5.41) is 6.78. The van der Waals surface area contributed by atoms with Crippen LogP contribution in [-0.4, -0.2) is 23.8 Å². The van der Waals surface area contributed by atoms with Gasteiger partial charge in [-0.15, -0.1) is 0 Å². The third-order valence-corrected chi connectivity index (χ3v) is 6.67. The van der Waals surface area contributed by atoms with Gasteiger partial charge in [-0.05, 0) is 56.7 Å². The average molecular weight is 535 g/mol. The van der Waals surface area contributed by atoms with E-state index in [1.54, 1.807) is 50.7 Å². The second kappa shape index (κ2) is 12.4. The number of esters is 1. The molecule has 0 bridgehead atoms. The SMILES string of the molecule is CCOC(=O)Cc1ccc(Sc2ccc(-c3noc(C)c3NC(=O)O[C@H](C)c3ccccc3F)cc2)cc1. The van der Waals surface area contributed by atoms with Crippen LogP contribution < -0.4 is 5.32 Å². The monoisotopic (exact) mass is 534 g/mol. The largest absolute Gasteiger partial charge is 0.466 e. The minimum atomic E-state index is -0.782. The molecule has 0 radical (unpaired) electrons. The van der Waals surface area contributed by atoms with E-state index in [1.165, 1.54) is 6.07 Å². The van der Waals surface area contributed by atoms with Crippen molar-refractivity contribution in [3.63, 3.8) is 0 Å². The molecule has 0 saturated heterocycles. The number of aromatic nitrogens is 1. The molecular weight excluding hydrogens is 507 g/mol. The second-order valence-corrected chi connectivity index (χ2v) is 9.56. The van der Waals surface area contributed by atoms with E-state index in [4.69, 9.17) is 14.0 Å². The number of carbonyl (C=O) groups is 2. The van der Waals surface area contributed by atoms with Crippen molar-refractivity contribution in [2.75, 3.05) is 11.9 Å². The van der Waals surface area contributed by atoms with Gasteiger partial charge in [-0.3, -0.25) is 10.1 Å². The van der Waals surface area contributed by atoms with E-state index in [-0.39, 0.29) is 18.0 Å². The lowest BCUT2D eigenvalue weighted by atomic mass is 10.1. The maximum atomic E-state index is 14.0. The number of ether oxygens (including phenoxy) is 2. The maximum Gasteiger partial charge on any atom is 0.412 e. The first kappa shape index (κ1) is 26.9. The van der Waals surface area contributed by atoms with Crippen molar-refractivity contribution in [1.29, 1.82) is 0 Å². The van der Waals surface area contributed by atoms with Crippen LogP contribution in [0.2, 0.25) is 0 Å². The first-order chi connectivity index (χ1) is 18.3. The molecule has 1 aromatic heterocycles. The normalized spacial score (nSPS) is 11.6. The Morgan fingerprint density at radius 1 is 1.03 bits per heavy atom. The van der Waals surface area contributed by atoms with Crippen LogP contribution in [-0.2, 0) is 20.7 Å². The fourth-order valence-electron chi connectivity index (χ4n) is 3.75. The van der Waals surface area contributed by atoms with Crippen LogP contribution in [0.25, 0.3) is 11.3 Å². The fourth-order valence-corrected chi connectivity index (χ4v) is 4.56. The molecule has 0 fully saturated rings. The maximum absolute atomic E-state index is 14.0. The Kier molecular flexibility index (Phi) is 8.81. The second-order valence-electron chi connectivity index (χ2n) is 8.41. The van der Waals surface area contributed by atoms with Crippen LogP contribution in [0.5, 0.6) is 0 Å². The van der Waals surface area contributed by atoms with Crippen molar-refractivity contribution in [2.24, 2.45) is 0 Å². The van der Waals surface area contributed by atoms with Crippen molar-refractivity contribution in [3.8, 4) is 11.3 Å². The minimum Gasteiger partial charge on any atom is -0.466 e. The number of aryl methyl sites for hydroxylation is 1. The highest BCUT2D eigenvalue weighted by Gasteiger charge is 2.21. The zero-order valence-electron chi connectivity index (χ0n) is 21.2. The van der Waals surface area contributed by atoms with E-state index in [2.05, 4.69) is 10.5 Å². The highest BCUT2D eigenvalue weighted by atomic mass is 32.2. The molecule has 4 rings (SSSR count). The zero-order valence-corrected chi connectivity index (χ0v) is 22.0. The summed E-state index contributed by atoms with van der Waals surface area (Å²) < 4.78 is 29.7. The standard InChI is InChI=1S/C29H27FN2O5S/c1-4-35-26(33)17-20-9-13-22(14-10-20)38-23-15-11-21(12-16-23)28-27(19(3)37-32-28)31-29(34)36-18(2)24-7-5-6-8-25(24)30/h5-16,18H,4,17H2,1-3H3,(H,31,34)/t18-/m1/s1. The number of carbonyl (C=O) groups excluding carboxylic acids is 2. The number of rotatable bonds is 9. The van der Waals surface area contributed by atoms with Crippen LogP contribution >= 0.6 is 11.8 Å². The van der Waals surface area contributed by atoms with Crippen molar-refractivity contribution >= 4 is 29.5 Å². The van der Waals surface area contributed by atoms with Gasteiger partial charge in [0.15, 0.2) is 5.76 Å². The van der Waals surface area contributed by atoms with Crippen molar-refractivity contribution in [2.45, 2.75) is 43.1 Å². The molecule has 1 heterocycles. The lowest BCUT2D eigenvalue weighted by Crippen LogP contribution is -2.17. The molecule has 38 heavy (non-hydrogen) atoms. The van der Waals surface area contributed by atoms with Gasteiger partial charge in [-0.1, -0.05) is 59.4 Å².